The molecule has 2 aromatic rings. The largest absolute Gasteiger partial charge is 0.462 e. The van der Waals surface area contributed by atoms with Crippen molar-refractivity contribution in [1.82, 2.24) is 10.2 Å². The summed E-state index contributed by atoms with van der Waals surface area (Å²) >= 11 is 0. The van der Waals surface area contributed by atoms with Crippen molar-refractivity contribution in [1.29, 1.82) is 0 Å². The van der Waals surface area contributed by atoms with Crippen molar-refractivity contribution < 1.29 is 14.3 Å². The van der Waals surface area contributed by atoms with Crippen molar-refractivity contribution >= 4 is 29.2 Å². The number of carbonyl (C=O) groups is 2. The first-order chi connectivity index (χ1) is 11.7. The minimum Gasteiger partial charge on any atom is -0.462 e. The van der Waals surface area contributed by atoms with Crippen LogP contribution >= 0.6 is 0 Å². The van der Waals surface area contributed by atoms with Gasteiger partial charge in [-0.3, -0.25) is 4.79 Å². The Kier molecular flexibility index (Phi) is 4.69. The van der Waals surface area contributed by atoms with Crippen molar-refractivity contribution in [2.24, 2.45) is 5.92 Å². The van der Waals surface area contributed by atoms with E-state index in [0.717, 1.165) is 18.5 Å². The van der Waals surface area contributed by atoms with Gasteiger partial charge in [0.25, 0.3) is 0 Å². The van der Waals surface area contributed by atoms with Gasteiger partial charge < -0.3 is 15.4 Å². The lowest BCUT2D eigenvalue weighted by atomic mass is 10.2. The van der Waals surface area contributed by atoms with E-state index in [2.05, 4.69) is 20.8 Å². The standard InChI is InChI=1S/C17H18N4O3/c1-2-24-17(23)12-5-7-13(8-6-12)18-14-9-10-15(21-20-14)19-16(22)11-3-4-11/h5-11H,2-4H2,1H3,(H,18,20)(H,19,21,22). The highest BCUT2D eigenvalue weighted by Crippen LogP contribution is 2.29. The minimum absolute atomic E-state index is 0.000404. The second kappa shape index (κ2) is 7.08. The van der Waals surface area contributed by atoms with Crippen LogP contribution in [-0.4, -0.2) is 28.7 Å². The maximum absolute atomic E-state index is 11.7. The molecule has 1 saturated carbocycles. The molecule has 2 N–H and O–H groups in total. The van der Waals surface area contributed by atoms with Crippen molar-refractivity contribution in [3.63, 3.8) is 0 Å². The van der Waals surface area contributed by atoms with Gasteiger partial charge in [0, 0.05) is 11.6 Å². The number of carbonyl (C=O) groups excluding carboxylic acids is 2. The summed E-state index contributed by atoms with van der Waals surface area (Å²) in [5.74, 6) is 0.764. The first-order valence-corrected chi connectivity index (χ1v) is 7.84. The van der Waals surface area contributed by atoms with Crippen molar-refractivity contribution in [3.05, 3.63) is 42.0 Å². The van der Waals surface area contributed by atoms with Crippen LogP contribution in [0.25, 0.3) is 0 Å². The lowest BCUT2D eigenvalue weighted by Crippen LogP contribution is -2.14. The molecule has 3 rings (SSSR count). The first-order valence-electron chi connectivity index (χ1n) is 7.84. The van der Waals surface area contributed by atoms with Crippen LogP contribution in [0.15, 0.2) is 36.4 Å². The van der Waals surface area contributed by atoms with Gasteiger partial charge >= 0.3 is 5.97 Å². The molecule has 124 valence electrons. The molecule has 1 aliphatic rings. The lowest BCUT2D eigenvalue weighted by Gasteiger charge is -2.07. The fourth-order valence-electron chi connectivity index (χ4n) is 2.09. The van der Waals surface area contributed by atoms with Gasteiger partial charge in [-0.25, -0.2) is 4.79 Å². The molecular formula is C17H18N4O3. The van der Waals surface area contributed by atoms with E-state index in [1.165, 1.54) is 0 Å². The highest BCUT2D eigenvalue weighted by Gasteiger charge is 2.29. The summed E-state index contributed by atoms with van der Waals surface area (Å²) in [6, 6.07) is 10.3. The van der Waals surface area contributed by atoms with Gasteiger partial charge in [-0.15, -0.1) is 10.2 Å². The van der Waals surface area contributed by atoms with Crippen LogP contribution in [-0.2, 0) is 9.53 Å². The summed E-state index contributed by atoms with van der Waals surface area (Å²) in [7, 11) is 0. The van der Waals surface area contributed by atoms with Crippen molar-refractivity contribution in [2.75, 3.05) is 17.2 Å². The molecule has 24 heavy (non-hydrogen) atoms. The molecule has 1 heterocycles. The van der Waals surface area contributed by atoms with E-state index in [1.54, 1.807) is 43.3 Å². The summed E-state index contributed by atoms with van der Waals surface area (Å²) in [6.45, 7) is 2.11. The van der Waals surface area contributed by atoms with E-state index in [1.807, 2.05) is 0 Å². The Morgan fingerprint density at radius 1 is 1.08 bits per heavy atom. The Labute approximate surface area is 139 Å². The van der Waals surface area contributed by atoms with Crippen molar-refractivity contribution in [2.45, 2.75) is 19.8 Å². The van der Waals surface area contributed by atoms with Gasteiger partial charge in [-0.2, -0.15) is 0 Å². The molecule has 1 amide bonds. The molecule has 0 aliphatic heterocycles. The van der Waals surface area contributed by atoms with Gasteiger partial charge in [0.05, 0.1) is 12.2 Å². The Hall–Kier alpha value is -2.96. The lowest BCUT2D eigenvalue weighted by molar-refractivity contribution is -0.117. The normalized spacial score (nSPS) is 13.2. The molecule has 0 saturated heterocycles. The van der Waals surface area contributed by atoms with Crippen LogP contribution in [0, 0.1) is 5.92 Å². The smallest absolute Gasteiger partial charge is 0.338 e. The molecule has 7 heteroatoms. The Balaban J connectivity index is 1.59. The third-order valence-corrected chi connectivity index (χ3v) is 3.53. The first kappa shape index (κ1) is 15.9. The van der Waals surface area contributed by atoms with E-state index in [9.17, 15) is 9.59 Å². The quantitative estimate of drug-likeness (QED) is 0.793. The predicted octanol–water partition coefficient (Wildman–Crippen LogP) is 2.75. The summed E-state index contributed by atoms with van der Waals surface area (Å²) in [5, 5.41) is 13.8. The monoisotopic (exact) mass is 326 g/mol. The van der Waals surface area contributed by atoms with Gasteiger partial charge in [-0.05, 0) is 56.2 Å². The number of nitrogens with zero attached hydrogens (tertiary/aromatic N) is 2. The SMILES string of the molecule is CCOC(=O)c1ccc(Nc2ccc(NC(=O)C3CC3)nn2)cc1. The fraction of sp³-hybridized carbons (Fsp3) is 0.294. The average Bonchev–Trinajstić information content (AvgIpc) is 3.42. The topological polar surface area (TPSA) is 93.2 Å². The van der Waals surface area contributed by atoms with E-state index >= 15 is 0 Å². The van der Waals surface area contributed by atoms with E-state index in [-0.39, 0.29) is 17.8 Å². The van der Waals surface area contributed by atoms with E-state index < -0.39 is 0 Å². The fourth-order valence-corrected chi connectivity index (χ4v) is 2.09. The maximum atomic E-state index is 11.7. The Bertz CT molecular complexity index is 725. The van der Waals surface area contributed by atoms with Crippen LogP contribution in [0.5, 0.6) is 0 Å². The molecule has 1 aromatic heterocycles. The zero-order valence-electron chi connectivity index (χ0n) is 13.3. The van der Waals surface area contributed by atoms with Crippen LogP contribution in [0.3, 0.4) is 0 Å². The zero-order chi connectivity index (χ0) is 16.9. The average molecular weight is 326 g/mol. The van der Waals surface area contributed by atoms with Gasteiger partial charge in [0.2, 0.25) is 5.91 Å². The molecule has 7 nitrogen and oxygen atoms in total. The predicted molar refractivity (Wildman–Crippen MR) is 89.1 cm³/mol. The number of aromatic nitrogens is 2. The summed E-state index contributed by atoms with van der Waals surface area (Å²) in [5.41, 5.74) is 1.26. The molecule has 0 atom stereocenters. The van der Waals surface area contributed by atoms with Gasteiger partial charge in [0.15, 0.2) is 11.6 Å². The zero-order valence-corrected chi connectivity index (χ0v) is 13.3. The third kappa shape index (κ3) is 4.07. The van der Waals surface area contributed by atoms with Gasteiger partial charge in [0.1, 0.15) is 0 Å². The molecule has 0 radical (unpaired) electrons. The Morgan fingerprint density at radius 2 is 1.75 bits per heavy atom. The minimum atomic E-state index is -0.348. The number of ether oxygens (including phenoxy) is 1. The number of esters is 1. The van der Waals surface area contributed by atoms with Crippen molar-refractivity contribution in [3.8, 4) is 0 Å². The van der Waals surface area contributed by atoms with Crippen LogP contribution in [0.1, 0.15) is 30.1 Å². The number of hydrogen-bond donors (Lipinski definition) is 2. The van der Waals surface area contributed by atoms with E-state index in [0.29, 0.717) is 23.8 Å². The molecule has 1 aromatic carbocycles. The second-order valence-electron chi connectivity index (χ2n) is 5.49. The number of amides is 1. The Morgan fingerprint density at radius 3 is 2.33 bits per heavy atom. The third-order valence-electron chi connectivity index (χ3n) is 3.53. The summed E-state index contributed by atoms with van der Waals surface area (Å²) in [6.07, 6.45) is 1.89. The van der Waals surface area contributed by atoms with Crippen LogP contribution < -0.4 is 10.6 Å². The molecule has 0 spiro atoms. The number of anilines is 3. The molecule has 1 aliphatic carbocycles. The summed E-state index contributed by atoms with van der Waals surface area (Å²) < 4.78 is 4.94. The molecule has 1 fully saturated rings. The van der Waals surface area contributed by atoms with Gasteiger partial charge in [-0.1, -0.05) is 0 Å². The summed E-state index contributed by atoms with van der Waals surface area (Å²) in [4.78, 5) is 23.2. The highest BCUT2D eigenvalue weighted by molar-refractivity contribution is 5.93. The van der Waals surface area contributed by atoms with Crippen LogP contribution in [0.2, 0.25) is 0 Å². The maximum Gasteiger partial charge on any atom is 0.338 e. The number of rotatable bonds is 6. The molecule has 0 unspecified atom stereocenters. The molecule has 0 bridgehead atoms. The van der Waals surface area contributed by atoms with E-state index in [4.69, 9.17) is 4.74 Å². The number of benzene rings is 1. The second-order valence-corrected chi connectivity index (χ2v) is 5.49. The number of nitrogens with one attached hydrogen (secondary N) is 2. The van der Waals surface area contributed by atoms with Crippen LogP contribution in [0.4, 0.5) is 17.3 Å². The molecular weight excluding hydrogens is 308 g/mol. The highest BCUT2D eigenvalue weighted by atomic mass is 16.5. The number of hydrogen-bond acceptors (Lipinski definition) is 6.